The van der Waals surface area contributed by atoms with Gasteiger partial charge in [-0.2, -0.15) is 4.98 Å². The number of hydrogen-bond acceptors (Lipinski definition) is 5. The maximum absolute atomic E-state index is 11.2. The molecular weight excluding hydrogens is 222 g/mol. The number of nitrogens with zero attached hydrogens (tertiary/aromatic N) is 2. The molecule has 0 radical (unpaired) electrons. The minimum Gasteiger partial charge on any atom is -0.339 e. The average Bonchev–Trinajstić information content (AvgIpc) is 3.00. The molecule has 17 heavy (non-hydrogen) atoms. The molecule has 0 aromatic carbocycles. The number of nitrogens with one attached hydrogen (secondary N) is 1. The van der Waals surface area contributed by atoms with Gasteiger partial charge in [-0.3, -0.25) is 10.0 Å². The predicted molar refractivity (Wildman–Crippen MR) is 58.1 cm³/mol. The minimum absolute atomic E-state index is 0.113. The van der Waals surface area contributed by atoms with Crippen molar-refractivity contribution < 1.29 is 14.5 Å². The molecule has 1 atom stereocenters. The lowest BCUT2D eigenvalue weighted by Gasteiger charge is -2.08. The minimum atomic E-state index is -0.456. The summed E-state index contributed by atoms with van der Waals surface area (Å²) in [6.07, 6.45) is 7.93. The molecule has 1 amide bonds. The van der Waals surface area contributed by atoms with Crippen LogP contribution in [0.4, 0.5) is 0 Å². The molecule has 1 fully saturated rings. The molecule has 1 aromatic heterocycles. The summed E-state index contributed by atoms with van der Waals surface area (Å²) in [4.78, 5) is 15.2. The Hall–Kier alpha value is -1.69. The zero-order valence-electron chi connectivity index (χ0n) is 9.43. The highest BCUT2D eigenvalue weighted by Gasteiger charge is 2.20. The Labute approximate surface area is 98.7 Å². The normalized spacial score (nSPS) is 16.9. The van der Waals surface area contributed by atoms with E-state index < -0.39 is 5.91 Å². The zero-order valence-corrected chi connectivity index (χ0v) is 9.43. The van der Waals surface area contributed by atoms with E-state index in [2.05, 4.69) is 10.1 Å². The Morgan fingerprint density at radius 1 is 1.59 bits per heavy atom. The van der Waals surface area contributed by atoms with Crippen LogP contribution < -0.4 is 5.48 Å². The van der Waals surface area contributed by atoms with Gasteiger partial charge in [-0.15, -0.1) is 0 Å². The molecule has 2 N–H and O–H groups in total. The predicted octanol–water partition coefficient (Wildman–Crippen LogP) is 1.55. The number of amides is 1. The van der Waals surface area contributed by atoms with Gasteiger partial charge in [0.05, 0.1) is 5.92 Å². The van der Waals surface area contributed by atoms with Gasteiger partial charge in [0.1, 0.15) is 0 Å². The molecule has 1 aliphatic carbocycles. The van der Waals surface area contributed by atoms with Gasteiger partial charge in [-0.1, -0.05) is 16.8 Å². The third-order valence-corrected chi connectivity index (χ3v) is 2.91. The van der Waals surface area contributed by atoms with E-state index in [4.69, 9.17) is 9.73 Å². The third kappa shape index (κ3) is 3.13. The molecule has 6 nitrogen and oxygen atoms in total. The second-order valence-electron chi connectivity index (χ2n) is 4.16. The van der Waals surface area contributed by atoms with E-state index in [9.17, 15) is 4.79 Å². The molecule has 92 valence electrons. The van der Waals surface area contributed by atoms with Crippen molar-refractivity contribution in [2.45, 2.75) is 38.0 Å². The summed E-state index contributed by atoms with van der Waals surface area (Å²) in [6.45, 7) is 0. The first kappa shape index (κ1) is 11.8. The number of rotatable bonds is 4. The average molecular weight is 237 g/mol. The Balaban J connectivity index is 2.12. The summed E-state index contributed by atoms with van der Waals surface area (Å²) >= 11 is 0. The van der Waals surface area contributed by atoms with E-state index >= 15 is 0 Å². The van der Waals surface area contributed by atoms with Crippen molar-refractivity contribution in [3.05, 3.63) is 23.9 Å². The first-order valence-corrected chi connectivity index (χ1v) is 5.68. The molecule has 0 aliphatic heterocycles. The maximum atomic E-state index is 11.2. The van der Waals surface area contributed by atoms with Crippen LogP contribution in [0.5, 0.6) is 0 Å². The van der Waals surface area contributed by atoms with Gasteiger partial charge in [0.2, 0.25) is 11.8 Å². The summed E-state index contributed by atoms with van der Waals surface area (Å²) in [5, 5.41) is 12.1. The Bertz CT molecular complexity index is 392. The molecule has 1 saturated carbocycles. The van der Waals surface area contributed by atoms with Crippen molar-refractivity contribution in [1.29, 1.82) is 0 Å². The Morgan fingerprint density at radius 2 is 2.35 bits per heavy atom. The van der Waals surface area contributed by atoms with Crippen LogP contribution in [0.1, 0.15) is 43.9 Å². The van der Waals surface area contributed by atoms with Crippen LogP contribution in [-0.4, -0.2) is 21.3 Å². The fraction of sp³-hybridized carbons (Fsp3) is 0.545. The third-order valence-electron chi connectivity index (χ3n) is 2.91. The molecule has 0 saturated heterocycles. The van der Waals surface area contributed by atoms with Crippen molar-refractivity contribution in [1.82, 2.24) is 15.6 Å². The second-order valence-corrected chi connectivity index (χ2v) is 4.16. The topological polar surface area (TPSA) is 88.2 Å². The summed E-state index contributed by atoms with van der Waals surface area (Å²) in [7, 11) is 0. The van der Waals surface area contributed by atoms with Gasteiger partial charge >= 0.3 is 0 Å². The van der Waals surface area contributed by atoms with Crippen LogP contribution in [0.3, 0.4) is 0 Å². The van der Waals surface area contributed by atoms with Crippen LogP contribution in [0, 0.1) is 0 Å². The number of hydroxylamine groups is 1. The van der Waals surface area contributed by atoms with Crippen molar-refractivity contribution in [3.63, 3.8) is 0 Å². The van der Waals surface area contributed by atoms with Gasteiger partial charge in [0, 0.05) is 6.42 Å². The highest BCUT2D eigenvalue weighted by atomic mass is 16.5. The van der Waals surface area contributed by atoms with Crippen LogP contribution in [0.25, 0.3) is 0 Å². The molecule has 0 spiro atoms. The molecular formula is C11H15N3O3. The lowest BCUT2D eigenvalue weighted by Crippen LogP contribution is -2.20. The Morgan fingerprint density at radius 3 is 2.94 bits per heavy atom. The highest BCUT2D eigenvalue weighted by Crippen LogP contribution is 2.29. The number of hydrogen-bond donors (Lipinski definition) is 2. The van der Waals surface area contributed by atoms with Crippen LogP contribution >= 0.6 is 0 Å². The quantitative estimate of drug-likeness (QED) is 0.471. The van der Waals surface area contributed by atoms with Crippen molar-refractivity contribution in [2.75, 3.05) is 0 Å². The standard InChI is InChI=1S/C11H15N3O3/c15-10(14-16)6-9(11-12-7-13-17-11)5-8-3-1-2-4-8/h5,7,9,16H,1-4,6H2,(H,14,15)/t9-/m1/s1. The largest absolute Gasteiger partial charge is 0.339 e. The van der Waals surface area contributed by atoms with Crippen molar-refractivity contribution in [2.24, 2.45) is 0 Å². The van der Waals surface area contributed by atoms with Gasteiger partial charge in [0.15, 0.2) is 6.33 Å². The molecule has 2 rings (SSSR count). The van der Waals surface area contributed by atoms with Gasteiger partial charge in [-0.25, -0.2) is 5.48 Å². The van der Waals surface area contributed by atoms with E-state index in [0.717, 1.165) is 12.8 Å². The number of carbonyl (C=O) groups excluding carboxylic acids is 1. The molecule has 0 unspecified atom stereocenters. The van der Waals surface area contributed by atoms with E-state index in [0.29, 0.717) is 5.89 Å². The van der Waals surface area contributed by atoms with Crippen LogP contribution in [0.2, 0.25) is 0 Å². The van der Waals surface area contributed by atoms with Gasteiger partial charge in [-0.05, 0) is 25.7 Å². The summed E-state index contributed by atoms with van der Waals surface area (Å²) in [5.41, 5.74) is 2.94. The Kier molecular flexibility index (Phi) is 3.87. The molecule has 0 bridgehead atoms. The van der Waals surface area contributed by atoms with Gasteiger partial charge in [0.25, 0.3) is 0 Å². The lowest BCUT2D eigenvalue weighted by atomic mass is 10.0. The van der Waals surface area contributed by atoms with Crippen molar-refractivity contribution >= 4 is 5.91 Å². The monoisotopic (exact) mass is 237 g/mol. The highest BCUT2D eigenvalue weighted by molar-refractivity contribution is 5.75. The first-order chi connectivity index (χ1) is 8.29. The first-order valence-electron chi connectivity index (χ1n) is 5.68. The fourth-order valence-corrected chi connectivity index (χ4v) is 2.09. The van der Waals surface area contributed by atoms with Crippen LogP contribution in [-0.2, 0) is 4.79 Å². The van der Waals surface area contributed by atoms with E-state index in [1.807, 2.05) is 6.08 Å². The van der Waals surface area contributed by atoms with E-state index in [-0.39, 0.29) is 12.3 Å². The molecule has 6 heteroatoms. The smallest absolute Gasteiger partial charge is 0.244 e. The lowest BCUT2D eigenvalue weighted by molar-refractivity contribution is -0.129. The summed E-state index contributed by atoms with van der Waals surface area (Å²) in [5.74, 6) is -0.297. The summed E-state index contributed by atoms with van der Waals surface area (Å²) in [6, 6.07) is 0. The van der Waals surface area contributed by atoms with Crippen molar-refractivity contribution in [3.8, 4) is 0 Å². The maximum Gasteiger partial charge on any atom is 0.244 e. The summed E-state index contributed by atoms with van der Waals surface area (Å²) < 4.78 is 4.98. The zero-order chi connectivity index (χ0) is 12.1. The van der Waals surface area contributed by atoms with E-state index in [1.54, 1.807) is 5.48 Å². The van der Waals surface area contributed by atoms with E-state index in [1.165, 1.54) is 24.7 Å². The van der Waals surface area contributed by atoms with Crippen LogP contribution in [0.15, 0.2) is 22.5 Å². The molecule has 1 heterocycles. The SMILES string of the molecule is O=C(C[C@@H](C=C1CCCC1)c1ncno1)NO. The number of aromatic nitrogens is 2. The molecule has 1 aliphatic rings. The number of allylic oxidation sites excluding steroid dienone is 2. The fourth-order valence-electron chi connectivity index (χ4n) is 2.09. The molecule has 1 aromatic rings. The van der Waals surface area contributed by atoms with Gasteiger partial charge < -0.3 is 4.52 Å². The second kappa shape index (κ2) is 5.58. The number of carbonyl (C=O) groups is 1.